The van der Waals surface area contributed by atoms with E-state index in [4.69, 9.17) is 9.26 Å². The number of aryl methyl sites for hydroxylation is 1. The summed E-state index contributed by atoms with van der Waals surface area (Å²) in [5.74, 6) is 0.906. The van der Waals surface area contributed by atoms with Gasteiger partial charge in [-0.15, -0.1) is 0 Å². The standard InChI is InChI=1S/C14H24N4O3/c1-12-9-13(16-21-12)10-17-4-6-18(7-5-17)11-14(19)15-3-8-20-2/h9H,3-8,10-11H2,1-2H3,(H,15,19). The van der Waals surface area contributed by atoms with E-state index in [1.165, 1.54) is 0 Å². The van der Waals surface area contributed by atoms with Crippen LogP contribution in [0.25, 0.3) is 0 Å². The molecule has 118 valence electrons. The van der Waals surface area contributed by atoms with Crippen molar-refractivity contribution in [2.75, 3.05) is 53.0 Å². The number of carbonyl (C=O) groups excluding carboxylic acids is 1. The molecular formula is C14H24N4O3. The van der Waals surface area contributed by atoms with Crippen LogP contribution in [0, 0.1) is 6.92 Å². The van der Waals surface area contributed by atoms with Crippen LogP contribution >= 0.6 is 0 Å². The maximum Gasteiger partial charge on any atom is 0.234 e. The molecule has 0 saturated carbocycles. The SMILES string of the molecule is COCCNC(=O)CN1CCN(Cc2cc(C)on2)CC1. The molecular weight excluding hydrogens is 272 g/mol. The van der Waals surface area contributed by atoms with Gasteiger partial charge in [0.15, 0.2) is 0 Å². The summed E-state index contributed by atoms with van der Waals surface area (Å²) in [6, 6.07) is 1.97. The molecule has 1 N–H and O–H groups in total. The predicted molar refractivity (Wildman–Crippen MR) is 77.8 cm³/mol. The maximum absolute atomic E-state index is 11.7. The summed E-state index contributed by atoms with van der Waals surface area (Å²) in [7, 11) is 1.63. The fraction of sp³-hybridized carbons (Fsp3) is 0.714. The zero-order valence-corrected chi connectivity index (χ0v) is 12.8. The minimum absolute atomic E-state index is 0.0626. The number of methoxy groups -OCH3 is 1. The molecule has 21 heavy (non-hydrogen) atoms. The third-order valence-electron chi connectivity index (χ3n) is 3.52. The molecule has 0 aliphatic carbocycles. The molecule has 1 aliphatic heterocycles. The number of hydrogen-bond donors (Lipinski definition) is 1. The van der Waals surface area contributed by atoms with E-state index < -0.39 is 0 Å². The lowest BCUT2D eigenvalue weighted by molar-refractivity contribution is -0.122. The number of piperazine rings is 1. The Balaban J connectivity index is 1.65. The Labute approximate surface area is 125 Å². The average molecular weight is 296 g/mol. The van der Waals surface area contributed by atoms with Crippen molar-refractivity contribution in [2.24, 2.45) is 0 Å². The number of hydrogen-bond acceptors (Lipinski definition) is 6. The molecule has 1 fully saturated rings. The molecule has 0 spiro atoms. The fourth-order valence-electron chi connectivity index (χ4n) is 2.38. The zero-order chi connectivity index (χ0) is 15.1. The number of rotatable bonds is 7. The fourth-order valence-corrected chi connectivity index (χ4v) is 2.38. The van der Waals surface area contributed by atoms with Gasteiger partial charge >= 0.3 is 0 Å². The van der Waals surface area contributed by atoms with Gasteiger partial charge in [0.2, 0.25) is 5.91 Å². The highest BCUT2D eigenvalue weighted by molar-refractivity contribution is 5.77. The molecule has 0 unspecified atom stereocenters. The van der Waals surface area contributed by atoms with E-state index in [0.717, 1.165) is 44.2 Å². The van der Waals surface area contributed by atoms with E-state index in [2.05, 4.69) is 20.3 Å². The van der Waals surface area contributed by atoms with Crippen LogP contribution in [0.4, 0.5) is 0 Å². The first kappa shape index (κ1) is 15.9. The van der Waals surface area contributed by atoms with Gasteiger partial charge in [-0.2, -0.15) is 0 Å². The van der Waals surface area contributed by atoms with Crippen molar-refractivity contribution in [3.05, 3.63) is 17.5 Å². The van der Waals surface area contributed by atoms with Crippen molar-refractivity contribution in [3.8, 4) is 0 Å². The van der Waals surface area contributed by atoms with Crippen LogP contribution in [0.15, 0.2) is 10.6 Å². The van der Waals surface area contributed by atoms with E-state index in [-0.39, 0.29) is 5.91 Å². The topological polar surface area (TPSA) is 70.8 Å². The summed E-state index contributed by atoms with van der Waals surface area (Å²) in [6.45, 7) is 7.97. The van der Waals surface area contributed by atoms with Gasteiger partial charge in [0.25, 0.3) is 0 Å². The molecule has 1 saturated heterocycles. The summed E-state index contributed by atoms with van der Waals surface area (Å²) in [5.41, 5.74) is 0.971. The molecule has 1 aliphatic rings. The number of aromatic nitrogens is 1. The van der Waals surface area contributed by atoms with Gasteiger partial charge in [-0.3, -0.25) is 14.6 Å². The summed E-state index contributed by atoms with van der Waals surface area (Å²) in [5, 5.41) is 6.86. The zero-order valence-electron chi connectivity index (χ0n) is 12.8. The van der Waals surface area contributed by atoms with Gasteiger partial charge in [0.1, 0.15) is 5.76 Å². The number of nitrogens with one attached hydrogen (secondary N) is 1. The minimum Gasteiger partial charge on any atom is -0.383 e. The molecule has 0 atom stereocenters. The number of amides is 1. The van der Waals surface area contributed by atoms with Gasteiger partial charge in [-0.1, -0.05) is 5.16 Å². The lowest BCUT2D eigenvalue weighted by Gasteiger charge is -2.33. The first-order valence-corrected chi connectivity index (χ1v) is 7.30. The normalized spacial score (nSPS) is 17.0. The Kier molecular flexibility index (Phi) is 6.16. The summed E-state index contributed by atoms with van der Waals surface area (Å²) >= 11 is 0. The summed E-state index contributed by atoms with van der Waals surface area (Å²) in [4.78, 5) is 16.2. The third-order valence-corrected chi connectivity index (χ3v) is 3.52. The Morgan fingerprint density at radius 2 is 2.10 bits per heavy atom. The highest BCUT2D eigenvalue weighted by Crippen LogP contribution is 2.08. The van der Waals surface area contributed by atoms with Crippen LogP contribution in [-0.4, -0.2) is 73.8 Å². The van der Waals surface area contributed by atoms with E-state index >= 15 is 0 Å². The van der Waals surface area contributed by atoms with Crippen LogP contribution in [0.5, 0.6) is 0 Å². The quantitative estimate of drug-likeness (QED) is 0.707. The van der Waals surface area contributed by atoms with Gasteiger partial charge in [0.05, 0.1) is 18.8 Å². The Morgan fingerprint density at radius 1 is 1.38 bits per heavy atom. The number of carbonyl (C=O) groups is 1. The molecule has 0 bridgehead atoms. The Bertz CT molecular complexity index is 441. The van der Waals surface area contributed by atoms with Crippen molar-refractivity contribution in [1.29, 1.82) is 0 Å². The molecule has 1 aromatic rings. The minimum atomic E-state index is 0.0626. The first-order valence-electron chi connectivity index (χ1n) is 7.30. The van der Waals surface area contributed by atoms with Gasteiger partial charge in [0, 0.05) is 52.4 Å². The average Bonchev–Trinajstić information content (AvgIpc) is 2.87. The van der Waals surface area contributed by atoms with Crippen molar-refractivity contribution in [1.82, 2.24) is 20.3 Å². The van der Waals surface area contributed by atoms with Crippen molar-refractivity contribution < 1.29 is 14.1 Å². The molecule has 2 heterocycles. The molecule has 7 heteroatoms. The maximum atomic E-state index is 11.7. The number of ether oxygens (including phenoxy) is 1. The van der Waals surface area contributed by atoms with E-state index in [9.17, 15) is 4.79 Å². The van der Waals surface area contributed by atoms with Gasteiger partial charge < -0.3 is 14.6 Å². The lowest BCUT2D eigenvalue weighted by atomic mass is 10.2. The number of nitrogens with zero attached hydrogens (tertiary/aromatic N) is 3. The highest BCUT2D eigenvalue weighted by Gasteiger charge is 2.19. The van der Waals surface area contributed by atoms with Crippen LogP contribution in [0.3, 0.4) is 0 Å². The summed E-state index contributed by atoms with van der Waals surface area (Å²) in [6.07, 6.45) is 0. The second-order valence-electron chi connectivity index (χ2n) is 5.32. The monoisotopic (exact) mass is 296 g/mol. The first-order chi connectivity index (χ1) is 10.2. The van der Waals surface area contributed by atoms with Crippen LogP contribution in [-0.2, 0) is 16.1 Å². The third kappa shape index (κ3) is 5.45. The molecule has 1 amide bonds. The van der Waals surface area contributed by atoms with Crippen molar-refractivity contribution in [2.45, 2.75) is 13.5 Å². The van der Waals surface area contributed by atoms with E-state index in [0.29, 0.717) is 19.7 Å². The van der Waals surface area contributed by atoms with Crippen molar-refractivity contribution >= 4 is 5.91 Å². The molecule has 2 rings (SSSR count). The largest absolute Gasteiger partial charge is 0.383 e. The van der Waals surface area contributed by atoms with Gasteiger partial charge in [-0.25, -0.2) is 0 Å². The molecule has 7 nitrogen and oxygen atoms in total. The molecule has 0 radical (unpaired) electrons. The predicted octanol–water partition coefficient (Wildman–Crippen LogP) is -0.137. The highest BCUT2D eigenvalue weighted by atomic mass is 16.5. The Morgan fingerprint density at radius 3 is 2.71 bits per heavy atom. The van der Waals surface area contributed by atoms with Crippen LogP contribution < -0.4 is 5.32 Å². The second-order valence-corrected chi connectivity index (χ2v) is 5.32. The van der Waals surface area contributed by atoms with Gasteiger partial charge in [-0.05, 0) is 6.92 Å². The van der Waals surface area contributed by atoms with Crippen molar-refractivity contribution in [3.63, 3.8) is 0 Å². The second kappa shape index (κ2) is 8.11. The smallest absolute Gasteiger partial charge is 0.234 e. The van der Waals surface area contributed by atoms with Crippen LogP contribution in [0.2, 0.25) is 0 Å². The van der Waals surface area contributed by atoms with Crippen LogP contribution in [0.1, 0.15) is 11.5 Å². The van der Waals surface area contributed by atoms with E-state index in [1.54, 1.807) is 7.11 Å². The summed E-state index contributed by atoms with van der Waals surface area (Å²) < 4.78 is 9.98. The molecule has 0 aromatic carbocycles. The van der Waals surface area contributed by atoms with E-state index in [1.807, 2.05) is 13.0 Å². The molecule has 1 aromatic heterocycles. The lowest BCUT2D eigenvalue weighted by Crippen LogP contribution is -2.49. The Hall–Kier alpha value is -1.44.